The SMILES string of the molecule is Cn1cc(-c2ccc3nc(NC(=O)c4ccc(C(F)(F)F)cn4)cn3n2)c(-c2ccc(F)cc2)n1. The molecule has 12 heteroatoms. The molecule has 5 rings (SSSR count). The fourth-order valence-corrected chi connectivity index (χ4v) is 3.46. The molecule has 0 spiro atoms. The van der Waals surface area contributed by atoms with Crippen molar-refractivity contribution in [3.05, 3.63) is 84.2 Å². The predicted octanol–water partition coefficient (Wildman–Crippen LogP) is 4.60. The Balaban J connectivity index is 1.42. The Morgan fingerprint density at radius 3 is 2.43 bits per heavy atom. The van der Waals surface area contributed by atoms with Crippen molar-refractivity contribution in [2.45, 2.75) is 6.18 Å². The molecule has 1 N–H and O–H groups in total. The van der Waals surface area contributed by atoms with Gasteiger partial charge in [-0.15, -0.1) is 0 Å². The Labute approximate surface area is 194 Å². The van der Waals surface area contributed by atoms with E-state index in [2.05, 4.69) is 25.5 Å². The van der Waals surface area contributed by atoms with E-state index in [9.17, 15) is 22.4 Å². The lowest BCUT2D eigenvalue weighted by Gasteiger charge is -2.06. The summed E-state index contributed by atoms with van der Waals surface area (Å²) in [6.45, 7) is 0. The third-order valence-electron chi connectivity index (χ3n) is 5.11. The molecule has 0 saturated carbocycles. The van der Waals surface area contributed by atoms with Gasteiger partial charge >= 0.3 is 6.18 Å². The maximum atomic E-state index is 13.3. The summed E-state index contributed by atoms with van der Waals surface area (Å²) in [5.74, 6) is -0.926. The number of carbonyl (C=O) groups excluding carboxylic acids is 1. The second kappa shape index (κ2) is 8.31. The zero-order valence-corrected chi connectivity index (χ0v) is 18.0. The summed E-state index contributed by atoms with van der Waals surface area (Å²) < 4.78 is 54.5. The number of anilines is 1. The molecule has 0 aliphatic rings. The molecule has 4 heterocycles. The zero-order valence-electron chi connectivity index (χ0n) is 18.0. The third kappa shape index (κ3) is 4.45. The van der Waals surface area contributed by atoms with Crippen LogP contribution in [0.4, 0.5) is 23.4 Å². The number of rotatable bonds is 4. The first-order valence-electron chi connectivity index (χ1n) is 10.2. The monoisotopic (exact) mass is 481 g/mol. The summed E-state index contributed by atoms with van der Waals surface area (Å²) >= 11 is 0. The molecule has 0 aliphatic carbocycles. The first-order valence-corrected chi connectivity index (χ1v) is 10.2. The fourth-order valence-electron chi connectivity index (χ4n) is 3.46. The molecule has 0 radical (unpaired) electrons. The van der Waals surface area contributed by atoms with Gasteiger partial charge in [0.05, 0.1) is 17.5 Å². The van der Waals surface area contributed by atoms with Crippen LogP contribution in [0.15, 0.2) is 67.1 Å². The van der Waals surface area contributed by atoms with Crippen LogP contribution >= 0.6 is 0 Å². The molecule has 0 unspecified atom stereocenters. The highest BCUT2D eigenvalue weighted by molar-refractivity contribution is 6.02. The average Bonchev–Trinajstić information content (AvgIpc) is 3.41. The van der Waals surface area contributed by atoms with Crippen LogP contribution in [0.3, 0.4) is 0 Å². The van der Waals surface area contributed by atoms with Gasteiger partial charge in [-0.2, -0.15) is 23.4 Å². The molecule has 1 aromatic carbocycles. The second-order valence-corrected chi connectivity index (χ2v) is 7.60. The van der Waals surface area contributed by atoms with E-state index in [1.165, 1.54) is 22.8 Å². The van der Waals surface area contributed by atoms with Gasteiger partial charge in [-0.05, 0) is 48.5 Å². The Morgan fingerprint density at radius 1 is 0.971 bits per heavy atom. The van der Waals surface area contributed by atoms with E-state index in [0.717, 1.165) is 12.1 Å². The maximum Gasteiger partial charge on any atom is 0.417 e. The number of aryl methyl sites for hydroxylation is 1. The number of imidazole rings is 1. The average molecular weight is 481 g/mol. The van der Waals surface area contributed by atoms with Crippen molar-refractivity contribution in [1.82, 2.24) is 29.4 Å². The lowest BCUT2D eigenvalue weighted by Crippen LogP contribution is -2.15. The summed E-state index contributed by atoms with van der Waals surface area (Å²) in [6.07, 6.45) is -0.700. The minimum atomic E-state index is -4.54. The molecule has 5 aromatic rings. The predicted molar refractivity (Wildman–Crippen MR) is 118 cm³/mol. The first-order chi connectivity index (χ1) is 16.7. The smallest absolute Gasteiger partial charge is 0.304 e. The summed E-state index contributed by atoms with van der Waals surface area (Å²) in [6, 6.07) is 11.1. The second-order valence-electron chi connectivity index (χ2n) is 7.60. The van der Waals surface area contributed by atoms with Crippen LogP contribution in [0.2, 0.25) is 0 Å². The third-order valence-corrected chi connectivity index (χ3v) is 5.11. The number of hydrogen-bond acceptors (Lipinski definition) is 5. The van der Waals surface area contributed by atoms with E-state index in [1.54, 1.807) is 42.2 Å². The van der Waals surface area contributed by atoms with E-state index in [-0.39, 0.29) is 17.3 Å². The number of hydrogen-bond donors (Lipinski definition) is 1. The highest BCUT2D eigenvalue weighted by Gasteiger charge is 2.31. The van der Waals surface area contributed by atoms with Crippen LogP contribution in [0.5, 0.6) is 0 Å². The van der Waals surface area contributed by atoms with E-state index >= 15 is 0 Å². The molecule has 0 fully saturated rings. The van der Waals surface area contributed by atoms with Crippen LogP contribution in [-0.4, -0.2) is 35.3 Å². The highest BCUT2D eigenvalue weighted by atomic mass is 19.4. The maximum absolute atomic E-state index is 13.3. The number of benzene rings is 1. The van der Waals surface area contributed by atoms with Gasteiger partial charge in [0.25, 0.3) is 5.91 Å². The summed E-state index contributed by atoms with van der Waals surface area (Å²) in [5.41, 5.74) is 1.88. The van der Waals surface area contributed by atoms with Crippen molar-refractivity contribution in [2.75, 3.05) is 5.32 Å². The van der Waals surface area contributed by atoms with E-state index in [1.807, 2.05) is 0 Å². The van der Waals surface area contributed by atoms with Gasteiger partial charge in [0.15, 0.2) is 11.5 Å². The Morgan fingerprint density at radius 2 is 1.74 bits per heavy atom. The molecular weight excluding hydrogens is 466 g/mol. The Kier molecular flexibility index (Phi) is 5.27. The van der Waals surface area contributed by atoms with Crippen molar-refractivity contribution < 1.29 is 22.4 Å². The van der Waals surface area contributed by atoms with Crippen LogP contribution in [0, 0.1) is 5.82 Å². The number of halogens is 4. The number of carbonyl (C=O) groups is 1. The Bertz CT molecular complexity index is 1540. The molecular formula is C23H15F4N7O. The van der Waals surface area contributed by atoms with E-state index < -0.39 is 17.6 Å². The van der Waals surface area contributed by atoms with E-state index in [4.69, 9.17) is 0 Å². The quantitative estimate of drug-likeness (QED) is 0.379. The van der Waals surface area contributed by atoms with Crippen molar-refractivity contribution in [1.29, 1.82) is 0 Å². The van der Waals surface area contributed by atoms with Gasteiger partial charge in [-0.1, -0.05) is 0 Å². The summed E-state index contributed by atoms with van der Waals surface area (Å²) in [5, 5.41) is 11.5. The lowest BCUT2D eigenvalue weighted by molar-refractivity contribution is -0.137. The summed E-state index contributed by atoms with van der Waals surface area (Å²) in [7, 11) is 1.76. The molecule has 0 aliphatic heterocycles. The zero-order chi connectivity index (χ0) is 24.7. The van der Waals surface area contributed by atoms with Crippen LogP contribution in [0.1, 0.15) is 16.1 Å². The van der Waals surface area contributed by atoms with Gasteiger partial charge in [0.2, 0.25) is 0 Å². The first kappa shape index (κ1) is 22.2. The normalized spacial score (nSPS) is 11.7. The minimum absolute atomic E-state index is 0.145. The van der Waals surface area contributed by atoms with Crippen molar-refractivity contribution in [2.24, 2.45) is 7.05 Å². The summed E-state index contributed by atoms with van der Waals surface area (Å²) in [4.78, 5) is 20.3. The standard InChI is InChI=1S/C23H15F4N7O/c1-33-11-16(21(32-33)13-2-5-15(24)6-3-13)17-8-9-20-29-19(12-34(20)31-17)30-22(35)18-7-4-14(10-28-18)23(25,26)27/h2-12H,1H3,(H,30,35). The molecule has 35 heavy (non-hydrogen) atoms. The number of fused-ring (bicyclic) bond motifs is 1. The molecule has 0 atom stereocenters. The van der Waals surface area contributed by atoms with Crippen LogP contribution < -0.4 is 5.32 Å². The largest absolute Gasteiger partial charge is 0.417 e. The fraction of sp³-hybridized carbons (Fsp3) is 0.0870. The molecule has 0 bridgehead atoms. The molecule has 1 amide bonds. The van der Waals surface area contributed by atoms with Crippen molar-refractivity contribution in [3.8, 4) is 22.5 Å². The Hall–Kier alpha value is -4.61. The van der Waals surface area contributed by atoms with Crippen LogP contribution in [0.25, 0.3) is 28.2 Å². The van der Waals surface area contributed by atoms with Gasteiger partial charge in [-0.25, -0.2) is 13.9 Å². The van der Waals surface area contributed by atoms with E-state index in [0.29, 0.717) is 34.4 Å². The molecule has 4 aromatic heterocycles. The van der Waals surface area contributed by atoms with Crippen LogP contribution in [-0.2, 0) is 13.2 Å². The number of aromatic nitrogens is 6. The highest BCUT2D eigenvalue weighted by Crippen LogP contribution is 2.30. The lowest BCUT2D eigenvalue weighted by atomic mass is 10.1. The van der Waals surface area contributed by atoms with Gasteiger partial charge in [0, 0.05) is 30.6 Å². The molecule has 176 valence electrons. The number of nitrogens with one attached hydrogen (secondary N) is 1. The number of pyridine rings is 1. The molecule has 8 nitrogen and oxygen atoms in total. The topological polar surface area (TPSA) is 90.0 Å². The van der Waals surface area contributed by atoms with Crippen molar-refractivity contribution in [3.63, 3.8) is 0 Å². The van der Waals surface area contributed by atoms with Gasteiger partial charge in [-0.3, -0.25) is 14.5 Å². The number of alkyl halides is 3. The van der Waals surface area contributed by atoms with Gasteiger partial charge < -0.3 is 5.32 Å². The van der Waals surface area contributed by atoms with Crippen molar-refractivity contribution >= 4 is 17.4 Å². The minimum Gasteiger partial charge on any atom is -0.304 e. The number of amides is 1. The number of nitrogens with zero attached hydrogens (tertiary/aromatic N) is 6. The molecule has 0 saturated heterocycles. The van der Waals surface area contributed by atoms with Gasteiger partial charge in [0.1, 0.15) is 17.2 Å².